The molecule has 1 rings (SSSR count). The Morgan fingerprint density at radius 2 is 1.67 bits per heavy atom. The number of rotatable bonds is 4. The minimum absolute atomic E-state index is 0.565. The van der Waals surface area contributed by atoms with Crippen molar-refractivity contribution < 1.29 is 0 Å². The molecule has 0 radical (unpaired) electrons. The standard InChI is InChI=1S/C14H23N/c1-6-7-13(5)15-14-11(3)8-10(2)9-12(14)4/h8-9,13,15H,6-7H2,1-5H3. The highest BCUT2D eigenvalue weighted by Crippen LogP contribution is 2.23. The smallest absolute Gasteiger partial charge is 0.0401 e. The molecule has 84 valence electrons. The molecule has 0 saturated carbocycles. The Morgan fingerprint density at radius 3 is 2.13 bits per heavy atom. The van der Waals surface area contributed by atoms with Crippen molar-refractivity contribution in [1.82, 2.24) is 0 Å². The number of benzene rings is 1. The fourth-order valence-corrected chi connectivity index (χ4v) is 2.16. The van der Waals surface area contributed by atoms with E-state index in [4.69, 9.17) is 0 Å². The summed E-state index contributed by atoms with van der Waals surface area (Å²) in [5.74, 6) is 0. The minimum Gasteiger partial charge on any atom is -0.382 e. The molecule has 0 bridgehead atoms. The van der Waals surface area contributed by atoms with Crippen molar-refractivity contribution in [3.63, 3.8) is 0 Å². The number of aryl methyl sites for hydroxylation is 3. The Labute approximate surface area is 93.9 Å². The molecule has 1 heteroatoms. The maximum Gasteiger partial charge on any atom is 0.0401 e. The van der Waals surface area contributed by atoms with Gasteiger partial charge in [-0.25, -0.2) is 0 Å². The van der Waals surface area contributed by atoms with Crippen LogP contribution in [0.15, 0.2) is 12.1 Å². The first-order chi connectivity index (χ1) is 7.04. The maximum absolute atomic E-state index is 3.61. The summed E-state index contributed by atoms with van der Waals surface area (Å²) in [5, 5.41) is 3.61. The normalized spacial score (nSPS) is 12.6. The van der Waals surface area contributed by atoms with Gasteiger partial charge < -0.3 is 5.32 Å². The van der Waals surface area contributed by atoms with Crippen LogP contribution in [-0.4, -0.2) is 6.04 Å². The zero-order valence-electron chi connectivity index (χ0n) is 10.6. The largest absolute Gasteiger partial charge is 0.382 e. The topological polar surface area (TPSA) is 12.0 Å². The van der Waals surface area contributed by atoms with Gasteiger partial charge in [0.1, 0.15) is 0 Å². The highest BCUT2D eigenvalue weighted by molar-refractivity contribution is 5.58. The van der Waals surface area contributed by atoms with Crippen LogP contribution < -0.4 is 5.32 Å². The van der Waals surface area contributed by atoms with E-state index in [-0.39, 0.29) is 0 Å². The van der Waals surface area contributed by atoms with Crippen molar-refractivity contribution >= 4 is 5.69 Å². The summed E-state index contributed by atoms with van der Waals surface area (Å²) in [4.78, 5) is 0. The summed E-state index contributed by atoms with van der Waals surface area (Å²) < 4.78 is 0. The van der Waals surface area contributed by atoms with Gasteiger partial charge >= 0.3 is 0 Å². The molecule has 1 N–H and O–H groups in total. The molecule has 0 aromatic heterocycles. The SMILES string of the molecule is CCCC(C)Nc1c(C)cc(C)cc1C. The Bertz CT molecular complexity index is 305. The summed E-state index contributed by atoms with van der Waals surface area (Å²) in [7, 11) is 0. The Morgan fingerprint density at radius 1 is 1.13 bits per heavy atom. The van der Waals surface area contributed by atoms with Crippen molar-refractivity contribution in [2.24, 2.45) is 0 Å². The first kappa shape index (κ1) is 12.1. The van der Waals surface area contributed by atoms with Crippen molar-refractivity contribution in [2.45, 2.75) is 53.5 Å². The van der Waals surface area contributed by atoms with E-state index in [9.17, 15) is 0 Å². The van der Waals surface area contributed by atoms with Crippen LogP contribution in [0, 0.1) is 20.8 Å². The Hall–Kier alpha value is -0.980. The van der Waals surface area contributed by atoms with Gasteiger partial charge in [-0.15, -0.1) is 0 Å². The van der Waals surface area contributed by atoms with Crippen LogP contribution >= 0.6 is 0 Å². The van der Waals surface area contributed by atoms with Crippen molar-refractivity contribution in [1.29, 1.82) is 0 Å². The molecule has 15 heavy (non-hydrogen) atoms. The highest BCUT2D eigenvalue weighted by Gasteiger charge is 2.06. The lowest BCUT2D eigenvalue weighted by Gasteiger charge is -2.19. The van der Waals surface area contributed by atoms with E-state index in [0.29, 0.717) is 6.04 Å². The van der Waals surface area contributed by atoms with Crippen molar-refractivity contribution in [3.05, 3.63) is 28.8 Å². The molecule has 0 saturated heterocycles. The Balaban J connectivity index is 2.85. The molecule has 0 aliphatic carbocycles. The van der Waals surface area contributed by atoms with Gasteiger partial charge in [-0.2, -0.15) is 0 Å². The first-order valence-corrected chi connectivity index (χ1v) is 5.89. The van der Waals surface area contributed by atoms with E-state index >= 15 is 0 Å². The summed E-state index contributed by atoms with van der Waals surface area (Å²) >= 11 is 0. The molecule has 0 amide bonds. The molecule has 1 unspecified atom stereocenters. The zero-order chi connectivity index (χ0) is 11.4. The van der Waals surface area contributed by atoms with Crippen LogP contribution in [0.4, 0.5) is 5.69 Å². The van der Waals surface area contributed by atoms with Crippen LogP contribution in [-0.2, 0) is 0 Å². The van der Waals surface area contributed by atoms with Crippen LogP contribution in [0.25, 0.3) is 0 Å². The predicted octanol–water partition coefficient (Wildman–Crippen LogP) is 4.21. The lowest BCUT2D eigenvalue weighted by Crippen LogP contribution is -2.16. The van der Waals surface area contributed by atoms with E-state index in [2.05, 4.69) is 52.1 Å². The van der Waals surface area contributed by atoms with E-state index in [1.807, 2.05) is 0 Å². The van der Waals surface area contributed by atoms with Crippen molar-refractivity contribution in [3.8, 4) is 0 Å². The minimum atomic E-state index is 0.565. The quantitative estimate of drug-likeness (QED) is 0.776. The van der Waals surface area contributed by atoms with Gasteiger partial charge in [0, 0.05) is 11.7 Å². The third kappa shape index (κ3) is 3.26. The number of nitrogens with one attached hydrogen (secondary N) is 1. The van der Waals surface area contributed by atoms with Crippen LogP contribution in [0.1, 0.15) is 43.4 Å². The van der Waals surface area contributed by atoms with Crippen LogP contribution in [0.3, 0.4) is 0 Å². The maximum atomic E-state index is 3.61. The number of hydrogen-bond acceptors (Lipinski definition) is 1. The Kier molecular flexibility index (Phi) is 4.19. The van der Waals surface area contributed by atoms with Gasteiger partial charge in [0.2, 0.25) is 0 Å². The molecule has 0 heterocycles. The second-order valence-electron chi connectivity index (χ2n) is 4.61. The molecule has 1 nitrogen and oxygen atoms in total. The molecule has 1 aromatic carbocycles. The molecule has 0 spiro atoms. The summed E-state index contributed by atoms with van der Waals surface area (Å²) in [5.41, 5.74) is 5.38. The third-order valence-corrected chi connectivity index (χ3v) is 2.79. The van der Waals surface area contributed by atoms with Gasteiger partial charge in [-0.3, -0.25) is 0 Å². The summed E-state index contributed by atoms with van der Waals surface area (Å²) in [6.45, 7) is 11.0. The second kappa shape index (κ2) is 5.20. The molecule has 0 aliphatic heterocycles. The second-order valence-corrected chi connectivity index (χ2v) is 4.61. The van der Waals surface area contributed by atoms with Crippen LogP contribution in [0.2, 0.25) is 0 Å². The zero-order valence-corrected chi connectivity index (χ0v) is 10.6. The highest BCUT2D eigenvalue weighted by atomic mass is 14.9. The van der Waals surface area contributed by atoms with Gasteiger partial charge in [-0.1, -0.05) is 31.0 Å². The van der Waals surface area contributed by atoms with Crippen LogP contribution in [0.5, 0.6) is 0 Å². The fraction of sp³-hybridized carbons (Fsp3) is 0.571. The lowest BCUT2D eigenvalue weighted by atomic mass is 10.0. The monoisotopic (exact) mass is 205 g/mol. The van der Waals surface area contributed by atoms with E-state index in [1.165, 1.54) is 35.2 Å². The molecule has 0 aliphatic rings. The first-order valence-electron chi connectivity index (χ1n) is 5.89. The molecular weight excluding hydrogens is 182 g/mol. The predicted molar refractivity (Wildman–Crippen MR) is 68.6 cm³/mol. The van der Waals surface area contributed by atoms with Gasteiger partial charge in [0.05, 0.1) is 0 Å². The van der Waals surface area contributed by atoms with Gasteiger partial charge in [0.15, 0.2) is 0 Å². The van der Waals surface area contributed by atoms with E-state index in [0.717, 1.165) is 0 Å². The summed E-state index contributed by atoms with van der Waals surface area (Å²) in [6, 6.07) is 5.05. The molecular formula is C14H23N. The number of anilines is 1. The average molecular weight is 205 g/mol. The van der Waals surface area contributed by atoms with Gasteiger partial charge in [-0.05, 0) is 45.2 Å². The molecule has 0 fully saturated rings. The average Bonchev–Trinajstić information content (AvgIpc) is 2.11. The fourth-order valence-electron chi connectivity index (χ4n) is 2.16. The van der Waals surface area contributed by atoms with Gasteiger partial charge in [0.25, 0.3) is 0 Å². The summed E-state index contributed by atoms with van der Waals surface area (Å²) in [6.07, 6.45) is 2.46. The molecule has 1 atom stereocenters. The van der Waals surface area contributed by atoms with E-state index < -0.39 is 0 Å². The van der Waals surface area contributed by atoms with Crippen molar-refractivity contribution in [2.75, 3.05) is 5.32 Å². The third-order valence-electron chi connectivity index (χ3n) is 2.79. The molecule has 1 aromatic rings. The van der Waals surface area contributed by atoms with E-state index in [1.54, 1.807) is 0 Å². The number of hydrogen-bond donors (Lipinski definition) is 1. The lowest BCUT2D eigenvalue weighted by molar-refractivity contribution is 0.689.